The van der Waals surface area contributed by atoms with Gasteiger partial charge in [-0.3, -0.25) is 4.79 Å². The molecule has 1 amide bonds. The zero-order valence-electron chi connectivity index (χ0n) is 18.2. The highest BCUT2D eigenvalue weighted by molar-refractivity contribution is 7.90. The highest BCUT2D eigenvalue weighted by Crippen LogP contribution is 2.38. The summed E-state index contributed by atoms with van der Waals surface area (Å²) in [6.45, 7) is 3.84. The highest BCUT2D eigenvalue weighted by Gasteiger charge is 2.30. The third-order valence-electron chi connectivity index (χ3n) is 5.21. The van der Waals surface area contributed by atoms with Gasteiger partial charge in [-0.25, -0.2) is 13.1 Å². The van der Waals surface area contributed by atoms with E-state index in [1.807, 2.05) is 26.0 Å². The second-order valence-electron chi connectivity index (χ2n) is 8.15. The number of nitrogens with two attached hydrogens (primary N) is 2. The zero-order chi connectivity index (χ0) is 23.8. The summed E-state index contributed by atoms with van der Waals surface area (Å²) in [4.78, 5) is 15.6. The number of nitrogens with zero attached hydrogens (tertiary/aromatic N) is 2. The van der Waals surface area contributed by atoms with Crippen molar-refractivity contribution in [2.45, 2.75) is 38.8 Å². The maximum absolute atomic E-state index is 12.2. The molecular formula is C22H25N5O5S. The molecule has 11 heteroatoms. The summed E-state index contributed by atoms with van der Waals surface area (Å²) >= 11 is 0. The van der Waals surface area contributed by atoms with Crippen LogP contribution < -0.4 is 20.9 Å². The van der Waals surface area contributed by atoms with Crippen LogP contribution in [-0.4, -0.2) is 36.3 Å². The van der Waals surface area contributed by atoms with Gasteiger partial charge in [-0.1, -0.05) is 23.4 Å². The predicted molar refractivity (Wildman–Crippen MR) is 123 cm³/mol. The van der Waals surface area contributed by atoms with Crippen molar-refractivity contribution in [1.82, 2.24) is 14.9 Å². The number of benzene rings is 2. The molecule has 1 aliphatic carbocycles. The molecule has 0 saturated carbocycles. The number of hydrogen-bond acceptors (Lipinski definition) is 8. The number of aromatic nitrogens is 2. The summed E-state index contributed by atoms with van der Waals surface area (Å²) in [6, 6.07) is 10.3. The molecule has 0 bridgehead atoms. The Labute approximate surface area is 191 Å². The maximum Gasteiger partial charge on any atom is 0.258 e. The van der Waals surface area contributed by atoms with Gasteiger partial charge in [0, 0.05) is 17.2 Å². The van der Waals surface area contributed by atoms with E-state index >= 15 is 0 Å². The van der Waals surface area contributed by atoms with Gasteiger partial charge < -0.3 is 20.7 Å². The number of fused-ring (bicyclic) bond motifs is 1. The SMILES string of the molecule is CC(C)Oc1ccc(-c2nc(-c3cccc4c3CC[C@H]4NS(=O)(=O)CC(N)=O)no2)cc1N. The van der Waals surface area contributed by atoms with Gasteiger partial charge in [0.25, 0.3) is 5.89 Å². The van der Waals surface area contributed by atoms with Crippen LogP contribution in [0.1, 0.15) is 37.4 Å². The minimum absolute atomic E-state index is 0.00238. The molecule has 3 aromatic rings. The summed E-state index contributed by atoms with van der Waals surface area (Å²) in [5.41, 5.74) is 14.8. The van der Waals surface area contributed by atoms with E-state index in [-0.39, 0.29) is 6.10 Å². The molecule has 174 valence electrons. The Kier molecular flexibility index (Phi) is 6.09. The fourth-order valence-electron chi connectivity index (χ4n) is 3.92. The highest BCUT2D eigenvalue weighted by atomic mass is 32.2. The average molecular weight is 472 g/mol. The standard InChI is InChI=1S/C22H25N5O5S/c1-12(2)31-19-9-6-13(10-17(19)23)22-25-21(26-32-22)16-5-3-4-15-14(16)7-8-18(15)27-33(29,30)11-20(24)28/h3-6,9-10,12,18,27H,7-8,11,23H2,1-2H3,(H2,24,28)/t18-/m1/s1. The van der Waals surface area contributed by atoms with E-state index in [2.05, 4.69) is 14.9 Å². The number of rotatable bonds is 8. The third kappa shape index (κ3) is 4.99. The molecule has 0 radical (unpaired) electrons. The molecule has 1 aliphatic rings. The van der Waals surface area contributed by atoms with Gasteiger partial charge in [-0.15, -0.1) is 0 Å². The molecule has 0 fully saturated rings. The molecule has 1 heterocycles. The van der Waals surface area contributed by atoms with Crippen LogP contribution in [0, 0.1) is 0 Å². The minimum atomic E-state index is -3.83. The number of nitrogens with one attached hydrogen (secondary N) is 1. The van der Waals surface area contributed by atoms with Crippen LogP contribution >= 0.6 is 0 Å². The summed E-state index contributed by atoms with van der Waals surface area (Å²) in [6.07, 6.45) is 1.16. The van der Waals surface area contributed by atoms with E-state index in [4.69, 9.17) is 20.7 Å². The summed E-state index contributed by atoms with van der Waals surface area (Å²) < 4.78 is 38.0. The number of ether oxygens (including phenoxy) is 1. The second kappa shape index (κ2) is 8.83. The van der Waals surface area contributed by atoms with Crippen LogP contribution in [0.2, 0.25) is 0 Å². The Balaban J connectivity index is 1.60. The lowest BCUT2D eigenvalue weighted by molar-refractivity contribution is -0.115. The topological polar surface area (TPSA) is 163 Å². The Morgan fingerprint density at radius 2 is 2.09 bits per heavy atom. The number of nitrogen functional groups attached to an aromatic ring is 1. The zero-order valence-corrected chi connectivity index (χ0v) is 19.1. The normalized spacial score (nSPS) is 15.5. The number of anilines is 1. The fourth-order valence-corrected chi connectivity index (χ4v) is 5.06. The molecule has 0 unspecified atom stereocenters. The van der Waals surface area contributed by atoms with Crippen LogP contribution in [0.4, 0.5) is 5.69 Å². The van der Waals surface area contributed by atoms with E-state index in [0.29, 0.717) is 41.6 Å². The van der Waals surface area contributed by atoms with Gasteiger partial charge in [-0.05, 0) is 56.0 Å². The Hall–Kier alpha value is -3.44. The maximum atomic E-state index is 12.2. The van der Waals surface area contributed by atoms with E-state index in [0.717, 1.165) is 16.7 Å². The molecule has 1 aromatic heterocycles. The summed E-state index contributed by atoms with van der Waals surface area (Å²) in [5.74, 6) is -0.375. The van der Waals surface area contributed by atoms with Crippen molar-refractivity contribution in [2.24, 2.45) is 5.73 Å². The van der Waals surface area contributed by atoms with Crippen molar-refractivity contribution in [2.75, 3.05) is 11.5 Å². The predicted octanol–water partition coefficient (Wildman–Crippen LogP) is 2.16. The van der Waals surface area contributed by atoms with E-state index in [1.54, 1.807) is 24.3 Å². The van der Waals surface area contributed by atoms with Crippen molar-refractivity contribution < 1.29 is 22.5 Å². The Morgan fingerprint density at radius 1 is 1.30 bits per heavy atom. The fraction of sp³-hybridized carbons (Fsp3) is 0.318. The molecule has 1 atom stereocenters. The van der Waals surface area contributed by atoms with Gasteiger partial charge in [0.05, 0.1) is 11.8 Å². The summed E-state index contributed by atoms with van der Waals surface area (Å²) in [7, 11) is -3.83. The van der Waals surface area contributed by atoms with E-state index in [9.17, 15) is 13.2 Å². The molecule has 4 rings (SSSR count). The monoisotopic (exact) mass is 471 g/mol. The summed E-state index contributed by atoms with van der Waals surface area (Å²) in [5, 5.41) is 4.12. The largest absolute Gasteiger partial charge is 0.489 e. The number of primary amides is 1. The number of sulfonamides is 1. The van der Waals surface area contributed by atoms with Crippen molar-refractivity contribution in [3.8, 4) is 28.6 Å². The number of carbonyl (C=O) groups excluding carboxylic acids is 1. The van der Waals surface area contributed by atoms with Crippen molar-refractivity contribution >= 4 is 21.6 Å². The van der Waals surface area contributed by atoms with Crippen molar-refractivity contribution in [3.63, 3.8) is 0 Å². The number of hydrogen-bond donors (Lipinski definition) is 3. The molecule has 5 N–H and O–H groups in total. The first-order valence-electron chi connectivity index (χ1n) is 10.4. The molecule has 33 heavy (non-hydrogen) atoms. The van der Waals surface area contributed by atoms with Crippen molar-refractivity contribution in [3.05, 3.63) is 47.5 Å². The third-order valence-corrected chi connectivity index (χ3v) is 6.52. The van der Waals surface area contributed by atoms with Crippen LogP contribution in [0.5, 0.6) is 5.75 Å². The molecule has 2 aromatic carbocycles. The van der Waals surface area contributed by atoms with Crippen LogP contribution in [0.25, 0.3) is 22.8 Å². The van der Waals surface area contributed by atoms with E-state index < -0.39 is 27.7 Å². The minimum Gasteiger partial charge on any atom is -0.489 e. The first-order valence-corrected chi connectivity index (χ1v) is 12.1. The first kappa shape index (κ1) is 22.7. The van der Waals surface area contributed by atoms with Gasteiger partial charge in [-0.2, -0.15) is 4.98 Å². The average Bonchev–Trinajstić information content (AvgIpc) is 3.36. The lowest BCUT2D eigenvalue weighted by Gasteiger charge is -2.14. The Bertz CT molecular complexity index is 1300. The molecule has 0 aliphatic heterocycles. The number of amides is 1. The second-order valence-corrected chi connectivity index (χ2v) is 9.90. The molecular weight excluding hydrogens is 446 g/mol. The van der Waals surface area contributed by atoms with Gasteiger partial charge in [0.2, 0.25) is 21.8 Å². The van der Waals surface area contributed by atoms with Crippen molar-refractivity contribution in [1.29, 1.82) is 0 Å². The smallest absolute Gasteiger partial charge is 0.258 e. The van der Waals surface area contributed by atoms with Gasteiger partial charge in [0.15, 0.2) is 0 Å². The first-order chi connectivity index (χ1) is 15.6. The number of carbonyl (C=O) groups is 1. The molecule has 0 saturated heterocycles. The van der Waals surface area contributed by atoms with Gasteiger partial charge in [0.1, 0.15) is 11.5 Å². The lowest BCUT2D eigenvalue weighted by Crippen LogP contribution is -2.35. The lowest BCUT2D eigenvalue weighted by atomic mass is 10.0. The molecule has 0 spiro atoms. The van der Waals surface area contributed by atoms with Gasteiger partial charge >= 0.3 is 0 Å². The van der Waals surface area contributed by atoms with Crippen LogP contribution in [0.3, 0.4) is 0 Å². The van der Waals surface area contributed by atoms with E-state index in [1.165, 1.54) is 0 Å². The van der Waals surface area contributed by atoms with Crippen LogP contribution in [-0.2, 0) is 21.2 Å². The molecule has 10 nitrogen and oxygen atoms in total. The Morgan fingerprint density at radius 3 is 2.79 bits per heavy atom. The van der Waals surface area contributed by atoms with Crippen LogP contribution in [0.15, 0.2) is 40.9 Å². The quantitative estimate of drug-likeness (QED) is 0.421.